The molecule has 0 amide bonds. The highest BCUT2D eigenvalue weighted by molar-refractivity contribution is 5.04. The lowest BCUT2D eigenvalue weighted by atomic mass is 9.98. The fourth-order valence-corrected chi connectivity index (χ4v) is 1.83. The Morgan fingerprint density at radius 2 is 1.88 bits per heavy atom. The summed E-state index contributed by atoms with van der Waals surface area (Å²) in [6.45, 7) is 8.30. The van der Waals surface area contributed by atoms with E-state index in [9.17, 15) is 0 Å². The number of rotatable bonds is 2. The molecule has 0 atom stereocenters. The molecule has 1 saturated heterocycles. The second-order valence-corrected chi connectivity index (χ2v) is 4.33. The Balaban J connectivity index is 0.000000160. The zero-order valence-electron chi connectivity index (χ0n) is 10.8. The molecule has 0 bridgehead atoms. The van der Waals surface area contributed by atoms with Gasteiger partial charge in [-0.25, -0.2) is 0 Å². The molecule has 2 heteroatoms. The van der Waals surface area contributed by atoms with Gasteiger partial charge >= 0.3 is 0 Å². The predicted octanol–water partition coefficient (Wildman–Crippen LogP) is 3.97. The van der Waals surface area contributed by atoms with E-state index < -0.39 is 0 Å². The van der Waals surface area contributed by atoms with E-state index in [4.69, 9.17) is 9.15 Å². The summed E-state index contributed by atoms with van der Waals surface area (Å²) in [5.41, 5.74) is 0. The van der Waals surface area contributed by atoms with Gasteiger partial charge in [-0.05, 0) is 37.8 Å². The van der Waals surface area contributed by atoms with Gasteiger partial charge in [-0.15, -0.1) is 0 Å². The normalized spacial score (nSPS) is 16.7. The summed E-state index contributed by atoms with van der Waals surface area (Å²) in [4.78, 5) is 0. The first-order valence-corrected chi connectivity index (χ1v) is 6.39. The van der Waals surface area contributed by atoms with Crippen molar-refractivity contribution in [3.8, 4) is 0 Å². The summed E-state index contributed by atoms with van der Waals surface area (Å²) in [6, 6.07) is 3.99. The molecule has 0 spiro atoms. The first kappa shape index (κ1) is 13.3. The second-order valence-electron chi connectivity index (χ2n) is 4.33. The Labute approximate surface area is 99.0 Å². The maximum absolute atomic E-state index is 5.23. The lowest BCUT2D eigenvalue weighted by Gasteiger charge is -2.19. The number of hydrogen-bond acceptors (Lipinski definition) is 2. The van der Waals surface area contributed by atoms with Gasteiger partial charge in [0.25, 0.3) is 0 Å². The SMILES string of the molecule is CCC1CCOCC1.CCc1ccc(C)o1. The molecule has 0 unspecified atom stereocenters. The van der Waals surface area contributed by atoms with Crippen LogP contribution < -0.4 is 0 Å². The third-order valence-corrected chi connectivity index (χ3v) is 3.06. The summed E-state index contributed by atoms with van der Waals surface area (Å²) >= 11 is 0. The minimum Gasteiger partial charge on any atom is -0.466 e. The van der Waals surface area contributed by atoms with Crippen molar-refractivity contribution in [3.63, 3.8) is 0 Å². The Morgan fingerprint density at radius 1 is 1.19 bits per heavy atom. The summed E-state index contributed by atoms with van der Waals surface area (Å²) in [5, 5.41) is 0. The predicted molar refractivity (Wildman–Crippen MR) is 66.7 cm³/mol. The minimum absolute atomic E-state index is 0.962. The van der Waals surface area contributed by atoms with Crippen molar-refractivity contribution in [2.45, 2.75) is 46.5 Å². The van der Waals surface area contributed by atoms with Crippen molar-refractivity contribution in [1.82, 2.24) is 0 Å². The Kier molecular flexibility index (Phi) is 6.24. The molecule has 0 radical (unpaired) electrons. The monoisotopic (exact) mass is 224 g/mol. The molecule has 0 saturated carbocycles. The van der Waals surface area contributed by atoms with Crippen molar-refractivity contribution >= 4 is 0 Å². The molecule has 1 aliphatic rings. The van der Waals surface area contributed by atoms with E-state index in [1.165, 1.54) is 19.3 Å². The van der Waals surface area contributed by atoms with Gasteiger partial charge < -0.3 is 9.15 Å². The highest BCUT2D eigenvalue weighted by atomic mass is 16.5. The molecule has 16 heavy (non-hydrogen) atoms. The van der Waals surface area contributed by atoms with Crippen LogP contribution in [0.2, 0.25) is 0 Å². The van der Waals surface area contributed by atoms with Gasteiger partial charge in [0.2, 0.25) is 0 Å². The van der Waals surface area contributed by atoms with E-state index in [-0.39, 0.29) is 0 Å². The van der Waals surface area contributed by atoms with Crippen LogP contribution in [0.1, 0.15) is 44.6 Å². The van der Waals surface area contributed by atoms with Crippen LogP contribution in [0.5, 0.6) is 0 Å². The molecule has 2 rings (SSSR count). The van der Waals surface area contributed by atoms with E-state index in [0.717, 1.165) is 37.1 Å². The number of furan rings is 1. The zero-order chi connectivity index (χ0) is 11.8. The van der Waals surface area contributed by atoms with Crippen LogP contribution in [0.15, 0.2) is 16.5 Å². The van der Waals surface area contributed by atoms with Crippen molar-refractivity contribution in [3.05, 3.63) is 23.7 Å². The topological polar surface area (TPSA) is 22.4 Å². The Bertz CT molecular complexity index is 272. The zero-order valence-corrected chi connectivity index (χ0v) is 10.8. The van der Waals surface area contributed by atoms with Gasteiger partial charge in [-0.3, -0.25) is 0 Å². The maximum atomic E-state index is 5.23. The van der Waals surface area contributed by atoms with Gasteiger partial charge in [0, 0.05) is 19.6 Å². The van der Waals surface area contributed by atoms with Crippen LogP contribution in [-0.4, -0.2) is 13.2 Å². The first-order chi connectivity index (χ1) is 7.76. The van der Waals surface area contributed by atoms with Crippen molar-refractivity contribution in [2.75, 3.05) is 13.2 Å². The molecule has 0 aliphatic carbocycles. The molecular weight excluding hydrogens is 200 g/mol. The quantitative estimate of drug-likeness (QED) is 0.758. The van der Waals surface area contributed by atoms with Crippen molar-refractivity contribution in [2.24, 2.45) is 5.92 Å². The first-order valence-electron chi connectivity index (χ1n) is 6.39. The molecule has 0 N–H and O–H groups in total. The summed E-state index contributed by atoms with van der Waals surface area (Å²) in [6.07, 6.45) is 4.91. The van der Waals surface area contributed by atoms with Crippen LogP contribution in [0, 0.1) is 12.8 Å². The fraction of sp³-hybridized carbons (Fsp3) is 0.714. The van der Waals surface area contributed by atoms with Crippen molar-refractivity contribution in [1.29, 1.82) is 0 Å². The minimum atomic E-state index is 0.962. The molecule has 1 aromatic heterocycles. The summed E-state index contributed by atoms with van der Waals surface area (Å²) in [7, 11) is 0. The molecule has 1 aromatic rings. The van der Waals surface area contributed by atoms with Gasteiger partial charge in [0.05, 0.1) is 0 Å². The average Bonchev–Trinajstić information content (AvgIpc) is 2.77. The van der Waals surface area contributed by atoms with E-state index in [1.54, 1.807) is 0 Å². The maximum Gasteiger partial charge on any atom is 0.103 e. The molecule has 2 nitrogen and oxygen atoms in total. The third kappa shape index (κ3) is 4.84. The van der Waals surface area contributed by atoms with Crippen LogP contribution in [0.4, 0.5) is 0 Å². The van der Waals surface area contributed by atoms with Gasteiger partial charge in [-0.2, -0.15) is 0 Å². The van der Waals surface area contributed by atoms with E-state index in [1.807, 2.05) is 19.1 Å². The molecular formula is C14H24O2. The van der Waals surface area contributed by atoms with Gasteiger partial charge in [0.1, 0.15) is 11.5 Å². The van der Waals surface area contributed by atoms with Gasteiger partial charge in [0.15, 0.2) is 0 Å². The van der Waals surface area contributed by atoms with Crippen LogP contribution in [-0.2, 0) is 11.2 Å². The van der Waals surface area contributed by atoms with E-state index >= 15 is 0 Å². The smallest absolute Gasteiger partial charge is 0.103 e. The standard InChI is InChI=1S/C7H10O.C7H14O/c1-3-7-5-4-6(2)8-7;1-2-7-3-5-8-6-4-7/h4-5H,3H2,1-2H3;7H,2-6H2,1H3. The molecule has 2 heterocycles. The van der Waals surface area contributed by atoms with Crippen molar-refractivity contribution < 1.29 is 9.15 Å². The highest BCUT2D eigenvalue weighted by Crippen LogP contribution is 2.16. The van der Waals surface area contributed by atoms with E-state index in [0.29, 0.717) is 0 Å². The van der Waals surface area contributed by atoms with Crippen LogP contribution >= 0.6 is 0 Å². The lowest BCUT2D eigenvalue weighted by molar-refractivity contribution is 0.0654. The molecule has 1 fully saturated rings. The number of hydrogen-bond donors (Lipinski definition) is 0. The number of ether oxygens (including phenoxy) is 1. The Morgan fingerprint density at radius 3 is 2.19 bits per heavy atom. The Hall–Kier alpha value is -0.760. The van der Waals surface area contributed by atoms with Crippen LogP contribution in [0.3, 0.4) is 0 Å². The third-order valence-electron chi connectivity index (χ3n) is 3.06. The highest BCUT2D eigenvalue weighted by Gasteiger charge is 2.09. The average molecular weight is 224 g/mol. The van der Waals surface area contributed by atoms with Crippen LogP contribution in [0.25, 0.3) is 0 Å². The van der Waals surface area contributed by atoms with E-state index in [2.05, 4.69) is 13.8 Å². The largest absolute Gasteiger partial charge is 0.466 e. The molecule has 0 aromatic carbocycles. The molecule has 92 valence electrons. The second kappa shape index (κ2) is 7.50. The number of aryl methyl sites for hydroxylation is 2. The molecule has 1 aliphatic heterocycles. The lowest BCUT2D eigenvalue weighted by Crippen LogP contribution is -2.14. The van der Waals surface area contributed by atoms with Gasteiger partial charge in [-0.1, -0.05) is 20.3 Å². The fourth-order valence-electron chi connectivity index (χ4n) is 1.83. The summed E-state index contributed by atoms with van der Waals surface area (Å²) in [5.74, 6) is 3.04. The summed E-state index contributed by atoms with van der Waals surface area (Å²) < 4.78 is 10.4.